The number of ether oxygens (including phenoxy) is 2. The summed E-state index contributed by atoms with van der Waals surface area (Å²) in [6.45, 7) is 0.390. The van der Waals surface area contributed by atoms with Crippen LogP contribution in [0.1, 0.15) is 35.4 Å². The van der Waals surface area contributed by atoms with E-state index in [1.165, 1.54) is 22.7 Å². The Labute approximate surface area is 212 Å². The number of esters is 1. The summed E-state index contributed by atoms with van der Waals surface area (Å²) >= 11 is 2.74. The standard InChI is InChI=1S/C19H22NO4S2.C4H10O2.BrH/c1-20(2)12-9-11(10-13(20)17-16(12)24-17)23-18(21)19(22,14-5-3-7-25-14)15-6-4-8-26-15;5-3-1-2-4-6;/h3-8,11-13,16-17,22H,9-10H2,1-2H3;5-6H,1-4H2;1H/q+1;;/p-1/t11?,12-,13-,16-,17+;;/m0../s1. The highest BCUT2D eigenvalue weighted by Gasteiger charge is 2.71. The summed E-state index contributed by atoms with van der Waals surface area (Å²) in [6, 6.07) is 8.01. The van der Waals surface area contributed by atoms with Crippen molar-refractivity contribution in [3.8, 4) is 0 Å². The van der Waals surface area contributed by atoms with Gasteiger partial charge in [-0.2, -0.15) is 0 Å². The second-order valence-electron chi connectivity index (χ2n) is 9.15. The molecule has 0 amide bonds. The number of carbonyl (C=O) groups excluding carboxylic acids is 1. The van der Waals surface area contributed by atoms with Crippen molar-refractivity contribution < 1.29 is 51.1 Å². The van der Waals surface area contributed by atoms with Crippen molar-refractivity contribution >= 4 is 28.6 Å². The Bertz CT molecular complexity index is 833. The summed E-state index contributed by atoms with van der Waals surface area (Å²) < 4.78 is 12.6. The highest BCUT2D eigenvalue weighted by atomic mass is 79.9. The van der Waals surface area contributed by atoms with Crippen molar-refractivity contribution in [3.63, 3.8) is 0 Å². The first-order valence-electron chi connectivity index (χ1n) is 11.1. The van der Waals surface area contributed by atoms with Crippen LogP contribution in [0.5, 0.6) is 0 Å². The summed E-state index contributed by atoms with van der Waals surface area (Å²) in [5.74, 6) is -0.561. The number of quaternary nitrogens is 1. The van der Waals surface area contributed by atoms with Gasteiger partial charge < -0.3 is 46.3 Å². The topological polar surface area (TPSA) is 99.5 Å². The third-order valence-corrected chi connectivity index (χ3v) is 8.89. The van der Waals surface area contributed by atoms with Crippen LogP contribution in [0.3, 0.4) is 0 Å². The van der Waals surface area contributed by atoms with E-state index in [9.17, 15) is 9.90 Å². The van der Waals surface area contributed by atoms with Crippen LogP contribution in [0.15, 0.2) is 35.0 Å². The van der Waals surface area contributed by atoms with Gasteiger partial charge in [-0.15, -0.1) is 22.7 Å². The smallest absolute Gasteiger partial charge is 0.349 e. The number of halogens is 1. The van der Waals surface area contributed by atoms with Gasteiger partial charge in [0, 0.05) is 26.1 Å². The quantitative estimate of drug-likeness (QED) is 0.175. The maximum absolute atomic E-state index is 13.1. The van der Waals surface area contributed by atoms with Crippen LogP contribution in [0, 0.1) is 0 Å². The van der Waals surface area contributed by atoms with Crippen molar-refractivity contribution in [3.05, 3.63) is 44.8 Å². The lowest BCUT2D eigenvalue weighted by atomic mass is 9.95. The first kappa shape index (κ1) is 26.7. The molecule has 2 aromatic rings. The number of fused-ring (bicyclic) bond motifs is 5. The monoisotopic (exact) mass is 561 g/mol. The number of aliphatic hydroxyl groups excluding tert-OH is 2. The molecule has 0 spiro atoms. The Kier molecular flexibility index (Phi) is 8.77. The number of hydrogen-bond acceptors (Lipinski definition) is 8. The number of piperidine rings is 1. The number of morpholine rings is 1. The van der Waals surface area contributed by atoms with E-state index >= 15 is 0 Å². The molecule has 184 valence electrons. The molecule has 3 fully saturated rings. The molecule has 10 heteroatoms. The first-order chi connectivity index (χ1) is 15.3. The molecule has 5 rings (SSSR count). The molecule has 3 N–H and O–H groups in total. The van der Waals surface area contributed by atoms with Crippen LogP contribution < -0.4 is 17.0 Å². The SMILES string of the molecule is C[N+]1(C)[C@H]2CC(OC(=O)C(O)(c3cccs3)c3cccs3)C[C@H]1[C@H]1O[C@H]12.OCCCCO.[Br-]. The molecule has 5 atom stereocenters. The molecular formula is C23H32BrNO6S2. The van der Waals surface area contributed by atoms with E-state index in [4.69, 9.17) is 19.7 Å². The van der Waals surface area contributed by atoms with E-state index < -0.39 is 11.6 Å². The Hall–Kier alpha value is -0.850. The van der Waals surface area contributed by atoms with Crippen LogP contribution in [0.2, 0.25) is 0 Å². The maximum atomic E-state index is 13.1. The lowest BCUT2D eigenvalue weighted by Gasteiger charge is -2.45. The average Bonchev–Trinajstić information content (AvgIpc) is 3.13. The summed E-state index contributed by atoms with van der Waals surface area (Å²) in [5, 5.41) is 31.3. The van der Waals surface area contributed by atoms with Gasteiger partial charge in [-0.1, -0.05) is 12.1 Å². The number of unbranched alkanes of at least 4 members (excludes halogenated alkanes) is 1. The van der Waals surface area contributed by atoms with E-state index in [-0.39, 0.29) is 36.3 Å². The molecule has 2 bridgehead atoms. The van der Waals surface area contributed by atoms with Gasteiger partial charge in [0.1, 0.15) is 30.4 Å². The Morgan fingerprint density at radius 3 is 1.94 bits per heavy atom. The van der Waals surface area contributed by atoms with Gasteiger partial charge in [-0.05, 0) is 35.7 Å². The normalized spacial score (nSPS) is 28.7. The van der Waals surface area contributed by atoms with Gasteiger partial charge in [0.25, 0.3) is 0 Å². The molecule has 0 aromatic carbocycles. The molecule has 1 unspecified atom stereocenters. The maximum Gasteiger partial charge on any atom is 0.349 e. The predicted molar refractivity (Wildman–Crippen MR) is 123 cm³/mol. The van der Waals surface area contributed by atoms with Crippen LogP contribution in [-0.2, 0) is 19.9 Å². The number of epoxide rings is 1. The molecule has 0 aliphatic carbocycles. The van der Waals surface area contributed by atoms with Gasteiger partial charge in [-0.3, -0.25) is 0 Å². The third-order valence-electron chi connectivity index (χ3n) is 6.93. The van der Waals surface area contributed by atoms with Crippen LogP contribution in [0.4, 0.5) is 0 Å². The van der Waals surface area contributed by atoms with Gasteiger partial charge in [0.2, 0.25) is 5.60 Å². The van der Waals surface area contributed by atoms with E-state index in [0.717, 1.165) is 30.2 Å². The number of thiophene rings is 2. The highest BCUT2D eigenvalue weighted by molar-refractivity contribution is 7.12. The number of hydrogen-bond donors (Lipinski definition) is 3. The number of nitrogens with zero attached hydrogens (tertiary/aromatic N) is 1. The first-order valence-corrected chi connectivity index (χ1v) is 12.8. The second kappa shape index (κ2) is 10.8. The number of carbonyl (C=O) groups is 1. The molecule has 3 saturated heterocycles. The molecule has 0 saturated carbocycles. The second-order valence-corrected chi connectivity index (χ2v) is 11.0. The van der Waals surface area contributed by atoms with E-state index in [0.29, 0.717) is 34.0 Å². The van der Waals surface area contributed by atoms with Crippen molar-refractivity contribution in [1.29, 1.82) is 0 Å². The summed E-state index contributed by atoms with van der Waals surface area (Å²) in [6.07, 6.45) is 3.49. The highest BCUT2D eigenvalue weighted by Crippen LogP contribution is 2.52. The van der Waals surface area contributed by atoms with Crippen molar-refractivity contribution in [2.45, 2.75) is 61.7 Å². The van der Waals surface area contributed by atoms with Crippen molar-refractivity contribution in [2.24, 2.45) is 0 Å². The zero-order valence-corrected chi connectivity index (χ0v) is 22.0. The minimum absolute atomic E-state index is 0. The van der Waals surface area contributed by atoms with Crippen molar-refractivity contribution in [1.82, 2.24) is 0 Å². The molecule has 3 aliphatic heterocycles. The minimum atomic E-state index is -1.72. The van der Waals surface area contributed by atoms with Crippen LogP contribution >= 0.6 is 22.7 Å². The fourth-order valence-electron chi connectivity index (χ4n) is 5.05. The minimum Gasteiger partial charge on any atom is -1.00 e. The molecule has 5 heterocycles. The van der Waals surface area contributed by atoms with E-state index in [2.05, 4.69) is 14.1 Å². The predicted octanol–water partition coefficient (Wildman–Crippen LogP) is -0.899. The van der Waals surface area contributed by atoms with Gasteiger partial charge in [-0.25, -0.2) is 4.79 Å². The van der Waals surface area contributed by atoms with Crippen molar-refractivity contribution in [2.75, 3.05) is 27.3 Å². The molecule has 3 aliphatic rings. The fourth-order valence-corrected chi connectivity index (χ4v) is 6.77. The zero-order chi connectivity index (χ0) is 22.9. The molecule has 0 radical (unpaired) electrons. The fraction of sp³-hybridized carbons (Fsp3) is 0.609. The summed E-state index contributed by atoms with van der Waals surface area (Å²) in [7, 11) is 4.49. The Balaban J connectivity index is 0.000000391. The number of likely N-dealkylation sites (N-methyl/N-ethyl adjacent to an activating group) is 1. The molecule has 33 heavy (non-hydrogen) atoms. The van der Waals surface area contributed by atoms with E-state index in [1.807, 2.05) is 22.9 Å². The molecule has 7 nitrogen and oxygen atoms in total. The lowest BCUT2D eigenvalue weighted by Crippen LogP contribution is -3.00. The largest absolute Gasteiger partial charge is 1.00 e. The molecule has 2 aromatic heterocycles. The third kappa shape index (κ3) is 5.08. The van der Waals surface area contributed by atoms with Crippen LogP contribution in [-0.4, -0.2) is 83.5 Å². The van der Waals surface area contributed by atoms with E-state index in [1.54, 1.807) is 12.1 Å². The Morgan fingerprint density at radius 1 is 1.06 bits per heavy atom. The summed E-state index contributed by atoms with van der Waals surface area (Å²) in [5.41, 5.74) is -1.72. The zero-order valence-electron chi connectivity index (χ0n) is 18.8. The number of aliphatic hydroxyl groups is 3. The lowest BCUT2D eigenvalue weighted by molar-refractivity contribution is -0.938. The van der Waals surface area contributed by atoms with Gasteiger partial charge >= 0.3 is 5.97 Å². The van der Waals surface area contributed by atoms with Gasteiger partial charge in [0.15, 0.2) is 0 Å². The van der Waals surface area contributed by atoms with Crippen LogP contribution in [0.25, 0.3) is 0 Å². The van der Waals surface area contributed by atoms with Gasteiger partial charge in [0.05, 0.1) is 23.8 Å². The average molecular weight is 563 g/mol. The number of rotatable bonds is 7. The Morgan fingerprint density at radius 2 is 1.55 bits per heavy atom. The molecular weight excluding hydrogens is 530 g/mol. The summed E-state index contributed by atoms with van der Waals surface area (Å²) in [4.78, 5) is 14.3.